The second-order valence-corrected chi connectivity index (χ2v) is 4.28. The normalized spacial score (nSPS) is 39.5. The maximum absolute atomic E-state index is 11.7. The number of carbonyl (C=O) groups excluding carboxylic acids is 2. The summed E-state index contributed by atoms with van der Waals surface area (Å²) < 4.78 is 0. The van der Waals surface area contributed by atoms with E-state index in [2.05, 4.69) is 6.92 Å². The Morgan fingerprint density at radius 2 is 1.92 bits per heavy atom. The zero-order chi connectivity index (χ0) is 9.59. The summed E-state index contributed by atoms with van der Waals surface area (Å²) >= 11 is 0. The second kappa shape index (κ2) is 2.82. The standard InChI is InChI=1S/C10H15NO2/c1-6-4-3-5-7-8(6)10(13)11(2)9(7)12/h6-8H,3-5H2,1-2H3/t6-,7+,8-/m0/s1. The second-order valence-electron chi connectivity index (χ2n) is 4.28. The van der Waals surface area contributed by atoms with Gasteiger partial charge in [0.05, 0.1) is 11.8 Å². The molecule has 3 nitrogen and oxygen atoms in total. The van der Waals surface area contributed by atoms with Crippen molar-refractivity contribution in [2.45, 2.75) is 26.2 Å². The van der Waals surface area contributed by atoms with Gasteiger partial charge in [-0.05, 0) is 18.8 Å². The summed E-state index contributed by atoms with van der Waals surface area (Å²) in [6, 6.07) is 0. The molecule has 1 aliphatic carbocycles. The summed E-state index contributed by atoms with van der Waals surface area (Å²) in [5.41, 5.74) is 0. The summed E-state index contributed by atoms with van der Waals surface area (Å²) in [4.78, 5) is 24.6. The van der Waals surface area contributed by atoms with E-state index in [1.54, 1.807) is 7.05 Å². The number of imide groups is 1. The molecule has 1 aliphatic heterocycles. The van der Waals surface area contributed by atoms with Gasteiger partial charge in [-0.1, -0.05) is 13.3 Å². The maximum atomic E-state index is 11.7. The van der Waals surface area contributed by atoms with Gasteiger partial charge < -0.3 is 0 Å². The fourth-order valence-electron chi connectivity index (χ4n) is 2.69. The van der Waals surface area contributed by atoms with Crippen molar-refractivity contribution in [3.63, 3.8) is 0 Å². The lowest BCUT2D eigenvalue weighted by Crippen LogP contribution is -2.29. The number of hydrogen-bond donors (Lipinski definition) is 0. The van der Waals surface area contributed by atoms with Crippen molar-refractivity contribution in [2.24, 2.45) is 17.8 Å². The predicted molar refractivity (Wildman–Crippen MR) is 47.8 cm³/mol. The minimum Gasteiger partial charge on any atom is -0.285 e. The van der Waals surface area contributed by atoms with Crippen molar-refractivity contribution in [3.05, 3.63) is 0 Å². The third-order valence-corrected chi connectivity index (χ3v) is 3.48. The molecule has 2 aliphatic rings. The first kappa shape index (κ1) is 8.73. The van der Waals surface area contributed by atoms with Crippen molar-refractivity contribution in [1.29, 1.82) is 0 Å². The van der Waals surface area contributed by atoms with Gasteiger partial charge >= 0.3 is 0 Å². The van der Waals surface area contributed by atoms with Crippen molar-refractivity contribution >= 4 is 11.8 Å². The van der Waals surface area contributed by atoms with Crippen LogP contribution in [0.4, 0.5) is 0 Å². The van der Waals surface area contributed by atoms with Crippen molar-refractivity contribution in [2.75, 3.05) is 7.05 Å². The van der Waals surface area contributed by atoms with Crippen molar-refractivity contribution in [1.82, 2.24) is 4.90 Å². The number of rotatable bonds is 0. The van der Waals surface area contributed by atoms with Gasteiger partial charge in [-0.15, -0.1) is 0 Å². The van der Waals surface area contributed by atoms with Crippen molar-refractivity contribution in [3.8, 4) is 0 Å². The smallest absolute Gasteiger partial charge is 0.233 e. The molecule has 0 aromatic carbocycles. The molecular formula is C10H15NO2. The van der Waals surface area contributed by atoms with E-state index in [1.165, 1.54) is 4.90 Å². The summed E-state index contributed by atoms with van der Waals surface area (Å²) in [6.45, 7) is 2.08. The van der Waals surface area contributed by atoms with E-state index in [1.807, 2.05) is 0 Å². The molecule has 2 fully saturated rings. The molecule has 0 aromatic rings. The Morgan fingerprint density at radius 1 is 1.23 bits per heavy atom. The van der Waals surface area contributed by atoms with Gasteiger partial charge in [-0.2, -0.15) is 0 Å². The minimum absolute atomic E-state index is 0.00116. The molecule has 1 saturated heterocycles. The fraction of sp³-hybridized carbons (Fsp3) is 0.800. The molecule has 2 rings (SSSR count). The highest BCUT2D eigenvalue weighted by atomic mass is 16.2. The average Bonchev–Trinajstić information content (AvgIpc) is 2.33. The fourth-order valence-corrected chi connectivity index (χ4v) is 2.69. The van der Waals surface area contributed by atoms with Crippen LogP contribution in [0.1, 0.15) is 26.2 Å². The SMILES string of the molecule is C[C@H]1CCC[C@H]2C(=O)N(C)C(=O)[C@@H]12. The van der Waals surface area contributed by atoms with E-state index < -0.39 is 0 Å². The van der Waals surface area contributed by atoms with E-state index in [-0.39, 0.29) is 23.7 Å². The zero-order valence-corrected chi connectivity index (χ0v) is 8.12. The molecule has 1 saturated carbocycles. The predicted octanol–water partition coefficient (Wildman–Crippen LogP) is 1.04. The van der Waals surface area contributed by atoms with E-state index in [9.17, 15) is 9.59 Å². The average molecular weight is 181 g/mol. The topological polar surface area (TPSA) is 37.4 Å². The van der Waals surface area contributed by atoms with Gasteiger partial charge in [0, 0.05) is 7.05 Å². The Balaban J connectivity index is 2.29. The molecule has 0 N–H and O–H groups in total. The Bertz CT molecular complexity index is 262. The molecule has 2 amide bonds. The quantitative estimate of drug-likeness (QED) is 0.523. The lowest BCUT2D eigenvalue weighted by atomic mass is 9.74. The highest BCUT2D eigenvalue weighted by Crippen LogP contribution is 2.40. The molecule has 0 spiro atoms. The molecule has 13 heavy (non-hydrogen) atoms. The molecule has 72 valence electrons. The van der Waals surface area contributed by atoms with Crippen LogP contribution in [0.5, 0.6) is 0 Å². The minimum atomic E-state index is -0.00810. The highest BCUT2D eigenvalue weighted by molar-refractivity contribution is 6.05. The van der Waals surface area contributed by atoms with Crippen LogP contribution >= 0.6 is 0 Å². The van der Waals surface area contributed by atoms with E-state index in [0.29, 0.717) is 5.92 Å². The first-order valence-electron chi connectivity index (χ1n) is 4.94. The van der Waals surface area contributed by atoms with Gasteiger partial charge in [0.2, 0.25) is 11.8 Å². The molecule has 0 aromatic heterocycles. The lowest BCUT2D eigenvalue weighted by molar-refractivity contribution is -0.138. The van der Waals surface area contributed by atoms with Crippen LogP contribution in [-0.2, 0) is 9.59 Å². The van der Waals surface area contributed by atoms with Crippen LogP contribution < -0.4 is 0 Å². The lowest BCUT2D eigenvalue weighted by Gasteiger charge is -2.27. The third-order valence-electron chi connectivity index (χ3n) is 3.48. The van der Waals surface area contributed by atoms with Crippen molar-refractivity contribution < 1.29 is 9.59 Å². The maximum Gasteiger partial charge on any atom is 0.233 e. The number of carbonyl (C=O) groups is 2. The van der Waals surface area contributed by atoms with Gasteiger partial charge in [-0.3, -0.25) is 14.5 Å². The number of fused-ring (bicyclic) bond motifs is 1. The third kappa shape index (κ3) is 1.10. The number of likely N-dealkylation sites (tertiary alicyclic amines) is 1. The van der Waals surface area contributed by atoms with E-state index >= 15 is 0 Å². The Kier molecular flexibility index (Phi) is 1.90. The van der Waals surface area contributed by atoms with Gasteiger partial charge in [0.15, 0.2) is 0 Å². The Hall–Kier alpha value is -0.860. The van der Waals surface area contributed by atoms with Crippen LogP contribution in [0, 0.1) is 17.8 Å². The van der Waals surface area contributed by atoms with Crippen LogP contribution in [0.3, 0.4) is 0 Å². The van der Waals surface area contributed by atoms with Crippen LogP contribution in [0.25, 0.3) is 0 Å². The van der Waals surface area contributed by atoms with E-state index in [4.69, 9.17) is 0 Å². The van der Waals surface area contributed by atoms with Crippen LogP contribution in [0.15, 0.2) is 0 Å². The molecule has 0 radical (unpaired) electrons. The highest BCUT2D eigenvalue weighted by Gasteiger charge is 2.49. The van der Waals surface area contributed by atoms with E-state index in [0.717, 1.165) is 19.3 Å². The molecule has 1 heterocycles. The zero-order valence-electron chi connectivity index (χ0n) is 8.12. The largest absolute Gasteiger partial charge is 0.285 e. The number of nitrogens with zero attached hydrogens (tertiary/aromatic N) is 1. The first-order valence-corrected chi connectivity index (χ1v) is 4.94. The monoisotopic (exact) mass is 181 g/mol. The first-order chi connectivity index (χ1) is 6.13. The molecule has 3 atom stereocenters. The summed E-state index contributed by atoms with van der Waals surface area (Å²) in [5, 5.41) is 0. The number of amides is 2. The molecule has 3 heteroatoms. The summed E-state index contributed by atoms with van der Waals surface area (Å²) in [7, 11) is 1.61. The summed E-state index contributed by atoms with van der Waals surface area (Å²) in [5.74, 6) is 0.469. The summed E-state index contributed by atoms with van der Waals surface area (Å²) in [6.07, 6.45) is 3.09. The molecule has 0 bridgehead atoms. The number of hydrogen-bond acceptors (Lipinski definition) is 2. The molecule has 0 unspecified atom stereocenters. The van der Waals surface area contributed by atoms with Crippen LogP contribution in [0.2, 0.25) is 0 Å². The van der Waals surface area contributed by atoms with Gasteiger partial charge in [0.25, 0.3) is 0 Å². The van der Waals surface area contributed by atoms with Crippen LogP contribution in [-0.4, -0.2) is 23.8 Å². The van der Waals surface area contributed by atoms with Gasteiger partial charge in [-0.25, -0.2) is 0 Å². The Morgan fingerprint density at radius 3 is 2.54 bits per heavy atom. The van der Waals surface area contributed by atoms with Gasteiger partial charge in [0.1, 0.15) is 0 Å². The molecular weight excluding hydrogens is 166 g/mol. The Labute approximate surface area is 78.1 Å².